The normalized spacial score (nSPS) is 10.6. The van der Waals surface area contributed by atoms with E-state index in [2.05, 4.69) is 20.8 Å². The summed E-state index contributed by atoms with van der Waals surface area (Å²) in [5.41, 5.74) is 0.0197. The monoisotopic (exact) mass is 371 g/mol. The molecule has 11 heteroatoms. The van der Waals surface area contributed by atoms with Crippen LogP contribution in [-0.2, 0) is 18.4 Å². The Bertz CT molecular complexity index is 1110. The van der Waals surface area contributed by atoms with E-state index in [1.54, 1.807) is 25.1 Å². The Kier molecular flexibility index (Phi) is 4.83. The molecule has 3 rings (SSSR count). The maximum atomic E-state index is 12.3. The molecule has 0 fully saturated rings. The SMILES string of the molecule is COc1ccc(NC(=O)Cn2ccc(=O)n(C)c2=O)cc1-n1nnnc1C. The molecule has 0 atom stereocenters. The lowest BCUT2D eigenvalue weighted by Crippen LogP contribution is -2.38. The molecule has 11 nitrogen and oxygen atoms in total. The lowest BCUT2D eigenvalue weighted by atomic mass is 10.2. The predicted molar refractivity (Wildman–Crippen MR) is 95.0 cm³/mol. The minimum absolute atomic E-state index is 0.238. The summed E-state index contributed by atoms with van der Waals surface area (Å²) in [6, 6.07) is 6.21. The highest BCUT2D eigenvalue weighted by molar-refractivity contribution is 5.91. The van der Waals surface area contributed by atoms with Gasteiger partial charge in [-0.3, -0.25) is 18.7 Å². The first-order chi connectivity index (χ1) is 12.9. The van der Waals surface area contributed by atoms with Crippen LogP contribution in [0, 0.1) is 6.92 Å². The van der Waals surface area contributed by atoms with Crippen LogP contribution in [0.25, 0.3) is 5.69 Å². The fraction of sp³-hybridized carbons (Fsp3) is 0.250. The second-order valence-electron chi connectivity index (χ2n) is 5.70. The van der Waals surface area contributed by atoms with E-state index >= 15 is 0 Å². The first kappa shape index (κ1) is 18.0. The number of nitrogens with zero attached hydrogens (tertiary/aromatic N) is 6. The number of carbonyl (C=O) groups excluding carboxylic acids is 1. The molecule has 0 saturated heterocycles. The quantitative estimate of drug-likeness (QED) is 0.639. The minimum Gasteiger partial charge on any atom is -0.494 e. The van der Waals surface area contributed by atoms with Crippen molar-refractivity contribution < 1.29 is 9.53 Å². The van der Waals surface area contributed by atoms with Gasteiger partial charge in [0.1, 0.15) is 18.0 Å². The minimum atomic E-state index is -0.572. The second kappa shape index (κ2) is 7.23. The van der Waals surface area contributed by atoms with Gasteiger partial charge in [0.05, 0.1) is 7.11 Å². The highest BCUT2D eigenvalue weighted by Crippen LogP contribution is 2.26. The molecule has 3 aromatic rings. The van der Waals surface area contributed by atoms with E-state index in [0.29, 0.717) is 22.9 Å². The van der Waals surface area contributed by atoms with Crippen molar-refractivity contribution in [3.05, 3.63) is 57.1 Å². The zero-order chi connectivity index (χ0) is 19.6. The highest BCUT2D eigenvalue weighted by atomic mass is 16.5. The molecular formula is C16H17N7O4. The van der Waals surface area contributed by atoms with Crippen molar-refractivity contribution in [3.63, 3.8) is 0 Å². The van der Waals surface area contributed by atoms with E-state index in [-0.39, 0.29) is 6.54 Å². The van der Waals surface area contributed by atoms with E-state index in [4.69, 9.17) is 4.74 Å². The van der Waals surface area contributed by atoms with Crippen molar-refractivity contribution in [1.29, 1.82) is 0 Å². The Hall–Kier alpha value is -3.76. The van der Waals surface area contributed by atoms with Gasteiger partial charge in [0.2, 0.25) is 5.91 Å². The van der Waals surface area contributed by atoms with Crippen molar-refractivity contribution in [3.8, 4) is 11.4 Å². The summed E-state index contributed by atoms with van der Waals surface area (Å²) in [5.74, 6) is 0.645. The van der Waals surface area contributed by atoms with Crippen LogP contribution in [0.3, 0.4) is 0 Å². The predicted octanol–water partition coefficient (Wildman–Crippen LogP) is -0.522. The lowest BCUT2D eigenvalue weighted by Gasteiger charge is -2.12. The Morgan fingerprint density at radius 3 is 2.70 bits per heavy atom. The number of hydrogen-bond acceptors (Lipinski definition) is 7. The maximum absolute atomic E-state index is 12.3. The summed E-state index contributed by atoms with van der Waals surface area (Å²) in [7, 11) is 2.87. The molecule has 0 spiro atoms. The maximum Gasteiger partial charge on any atom is 0.331 e. The van der Waals surface area contributed by atoms with E-state index < -0.39 is 17.2 Å². The summed E-state index contributed by atoms with van der Waals surface area (Å²) in [4.78, 5) is 35.8. The fourth-order valence-corrected chi connectivity index (χ4v) is 2.48. The Balaban J connectivity index is 1.85. The standard InChI is InChI=1S/C16H17N7O4/c1-10-18-19-20-23(10)12-8-11(4-5-13(12)27-3)17-14(24)9-22-7-6-15(25)21(2)16(22)26/h4-8H,9H2,1-3H3,(H,17,24). The molecule has 140 valence electrons. The lowest BCUT2D eigenvalue weighted by molar-refractivity contribution is -0.116. The third kappa shape index (κ3) is 3.61. The Morgan fingerprint density at radius 2 is 2.04 bits per heavy atom. The van der Waals surface area contributed by atoms with E-state index in [1.165, 1.54) is 31.1 Å². The van der Waals surface area contributed by atoms with Crippen molar-refractivity contribution >= 4 is 11.6 Å². The molecular weight excluding hydrogens is 354 g/mol. The second-order valence-corrected chi connectivity index (χ2v) is 5.70. The number of tetrazole rings is 1. The number of amides is 1. The number of methoxy groups -OCH3 is 1. The van der Waals surface area contributed by atoms with Crippen LogP contribution in [0.5, 0.6) is 5.75 Å². The van der Waals surface area contributed by atoms with Crippen molar-refractivity contribution in [1.82, 2.24) is 29.3 Å². The van der Waals surface area contributed by atoms with Crippen molar-refractivity contribution in [2.45, 2.75) is 13.5 Å². The Labute approximate surface area is 152 Å². The van der Waals surface area contributed by atoms with Crippen LogP contribution in [0.4, 0.5) is 5.69 Å². The van der Waals surface area contributed by atoms with Gasteiger partial charge in [0.15, 0.2) is 5.82 Å². The largest absolute Gasteiger partial charge is 0.494 e. The van der Waals surface area contributed by atoms with Gasteiger partial charge >= 0.3 is 5.69 Å². The molecule has 27 heavy (non-hydrogen) atoms. The highest BCUT2D eigenvalue weighted by Gasteiger charge is 2.13. The summed E-state index contributed by atoms with van der Waals surface area (Å²) >= 11 is 0. The van der Waals surface area contributed by atoms with Crippen LogP contribution in [0.15, 0.2) is 40.1 Å². The van der Waals surface area contributed by atoms with Crippen molar-refractivity contribution in [2.24, 2.45) is 7.05 Å². The van der Waals surface area contributed by atoms with Gasteiger partial charge in [0, 0.05) is 25.0 Å². The summed E-state index contributed by atoms with van der Waals surface area (Å²) in [6.07, 6.45) is 1.29. The molecule has 1 N–H and O–H groups in total. The average Bonchev–Trinajstić information content (AvgIpc) is 3.08. The number of ether oxygens (including phenoxy) is 1. The third-order valence-electron chi connectivity index (χ3n) is 3.89. The van der Waals surface area contributed by atoms with E-state index in [0.717, 1.165) is 9.13 Å². The molecule has 0 aliphatic carbocycles. The zero-order valence-corrected chi connectivity index (χ0v) is 14.9. The average molecular weight is 371 g/mol. The summed E-state index contributed by atoms with van der Waals surface area (Å²) in [6.45, 7) is 1.50. The first-order valence-electron chi connectivity index (χ1n) is 7.90. The topological polar surface area (TPSA) is 126 Å². The van der Waals surface area contributed by atoms with Gasteiger partial charge < -0.3 is 10.1 Å². The number of benzene rings is 1. The van der Waals surface area contributed by atoms with Gasteiger partial charge in [-0.05, 0) is 35.5 Å². The molecule has 1 amide bonds. The number of carbonyl (C=O) groups is 1. The molecule has 2 heterocycles. The Morgan fingerprint density at radius 1 is 1.26 bits per heavy atom. The molecule has 0 unspecified atom stereocenters. The molecule has 0 bridgehead atoms. The third-order valence-corrected chi connectivity index (χ3v) is 3.89. The van der Waals surface area contributed by atoms with Gasteiger partial charge in [-0.25, -0.2) is 4.79 Å². The molecule has 0 saturated carbocycles. The van der Waals surface area contributed by atoms with E-state index in [1.807, 2.05) is 0 Å². The van der Waals surface area contributed by atoms with E-state index in [9.17, 15) is 14.4 Å². The van der Waals surface area contributed by atoms with Gasteiger partial charge in [-0.1, -0.05) is 0 Å². The van der Waals surface area contributed by atoms with Crippen LogP contribution < -0.4 is 21.3 Å². The zero-order valence-electron chi connectivity index (χ0n) is 14.9. The van der Waals surface area contributed by atoms with Gasteiger partial charge in [0.25, 0.3) is 5.56 Å². The summed E-state index contributed by atoms with van der Waals surface area (Å²) < 4.78 is 8.87. The molecule has 0 aliphatic heterocycles. The molecule has 2 aromatic heterocycles. The smallest absolute Gasteiger partial charge is 0.331 e. The number of nitrogens with one attached hydrogen (secondary N) is 1. The number of aryl methyl sites for hydroxylation is 1. The van der Waals surface area contributed by atoms with Crippen LogP contribution in [0.2, 0.25) is 0 Å². The summed E-state index contributed by atoms with van der Waals surface area (Å²) in [5, 5.41) is 14.0. The molecule has 1 aromatic carbocycles. The first-order valence-corrected chi connectivity index (χ1v) is 7.90. The van der Waals surface area contributed by atoms with Crippen LogP contribution >= 0.6 is 0 Å². The van der Waals surface area contributed by atoms with Gasteiger partial charge in [-0.2, -0.15) is 4.68 Å². The van der Waals surface area contributed by atoms with Crippen LogP contribution in [0.1, 0.15) is 5.82 Å². The fourth-order valence-electron chi connectivity index (χ4n) is 2.48. The number of rotatable bonds is 5. The number of hydrogen-bond donors (Lipinski definition) is 1. The van der Waals surface area contributed by atoms with Gasteiger partial charge in [-0.15, -0.1) is 5.10 Å². The number of anilines is 1. The number of aromatic nitrogens is 6. The molecule has 0 aliphatic rings. The molecule has 0 radical (unpaired) electrons. The van der Waals surface area contributed by atoms with Crippen molar-refractivity contribution in [2.75, 3.05) is 12.4 Å². The van der Waals surface area contributed by atoms with Crippen LogP contribution in [-0.4, -0.2) is 42.4 Å².